The van der Waals surface area contributed by atoms with Crippen LogP contribution in [0.15, 0.2) is 24.5 Å². The molecule has 0 bridgehead atoms. The molecule has 1 saturated heterocycles. The summed E-state index contributed by atoms with van der Waals surface area (Å²) in [5.74, 6) is 0. The second-order valence-electron chi connectivity index (χ2n) is 8.93. The molecule has 0 radical (unpaired) electrons. The number of thiocarbonyl (C=S) groups is 1. The van der Waals surface area contributed by atoms with Gasteiger partial charge in [-0.15, -0.1) is 0 Å². The van der Waals surface area contributed by atoms with Crippen LogP contribution in [0.25, 0.3) is 0 Å². The standard InChI is InChI=1S/C20H33N3OS/c1-19(2,3)15-20(4,5)22-18(25)23(14-17-9-7-11-24-17)13-16-8-6-10-21-12-16/h6,8,10,12,17H,7,9,11,13-15H2,1-5H3,(H,22,25)/t17-/m0/s1. The lowest BCUT2D eigenvalue weighted by Crippen LogP contribution is -2.52. The minimum absolute atomic E-state index is 0.0565. The second-order valence-corrected chi connectivity index (χ2v) is 9.31. The first-order valence-corrected chi connectivity index (χ1v) is 9.63. The molecule has 4 nitrogen and oxygen atoms in total. The fraction of sp³-hybridized carbons (Fsp3) is 0.700. The predicted octanol–water partition coefficient (Wildman–Crippen LogP) is 4.15. The Morgan fingerprint density at radius 3 is 2.68 bits per heavy atom. The van der Waals surface area contributed by atoms with Crippen molar-refractivity contribution in [2.45, 2.75) is 72.1 Å². The van der Waals surface area contributed by atoms with E-state index in [-0.39, 0.29) is 17.1 Å². The first-order valence-electron chi connectivity index (χ1n) is 9.22. The molecule has 1 aromatic rings. The van der Waals surface area contributed by atoms with Gasteiger partial charge in [0, 0.05) is 37.6 Å². The van der Waals surface area contributed by atoms with E-state index in [9.17, 15) is 0 Å². The second kappa shape index (κ2) is 8.45. The van der Waals surface area contributed by atoms with Crippen molar-refractivity contribution >= 4 is 17.3 Å². The predicted molar refractivity (Wildman–Crippen MR) is 108 cm³/mol. The summed E-state index contributed by atoms with van der Waals surface area (Å²) in [6, 6.07) is 4.07. The van der Waals surface area contributed by atoms with Crippen molar-refractivity contribution < 1.29 is 4.74 Å². The number of hydrogen-bond donors (Lipinski definition) is 1. The van der Waals surface area contributed by atoms with Crippen LogP contribution in [-0.4, -0.2) is 39.8 Å². The maximum absolute atomic E-state index is 5.84. The number of ether oxygens (including phenoxy) is 1. The molecule has 1 aliphatic rings. The average molecular weight is 364 g/mol. The molecule has 2 rings (SSSR count). The summed E-state index contributed by atoms with van der Waals surface area (Å²) >= 11 is 5.79. The van der Waals surface area contributed by atoms with E-state index in [4.69, 9.17) is 17.0 Å². The van der Waals surface area contributed by atoms with Crippen LogP contribution in [0.4, 0.5) is 0 Å². The molecular formula is C20H33N3OS. The van der Waals surface area contributed by atoms with Crippen LogP contribution >= 0.6 is 12.2 Å². The van der Waals surface area contributed by atoms with E-state index in [1.54, 1.807) is 6.20 Å². The molecule has 0 aromatic carbocycles. The molecule has 1 N–H and O–H groups in total. The van der Waals surface area contributed by atoms with E-state index in [1.165, 1.54) is 5.56 Å². The van der Waals surface area contributed by atoms with Gasteiger partial charge in [0.25, 0.3) is 0 Å². The summed E-state index contributed by atoms with van der Waals surface area (Å²) in [7, 11) is 0. The Morgan fingerprint density at radius 2 is 2.12 bits per heavy atom. The molecule has 140 valence electrons. The summed E-state index contributed by atoms with van der Waals surface area (Å²) in [5, 5.41) is 4.39. The summed E-state index contributed by atoms with van der Waals surface area (Å²) < 4.78 is 5.84. The third kappa shape index (κ3) is 7.28. The monoisotopic (exact) mass is 363 g/mol. The van der Waals surface area contributed by atoms with E-state index in [0.29, 0.717) is 0 Å². The van der Waals surface area contributed by atoms with Crippen molar-refractivity contribution in [3.8, 4) is 0 Å². The third-order valence-corrected chi connectivity index (χ3v) is 4.61. The van der Waals surface area contributed by atoms with Crippen LogP contribution in [-0.2, 0) is 11.3 Å². The Hall–Kier alpha value is -1.20. The molecule has 0 spiro atoms. The molecule has 0 unspecified atom stereocenters. The molecule has 25 heavy (non-hydrogen) atoms. The number of nitrogens with one attached hydrogen (secondary N) is 1. The number of nitrogens with zero attached hydrogens (tertiary/aromatic N) is 2. The fourth-order valence-electron chi connectivity index (χ4n) is 3.70. The van der Waals surface area contributed by atoms with Gasteiger partial charge in [-0.25, -0.2) is 0 Å². The number of pyridine rings is 1. The van der Waals surface area contributed by atoms with Gasteiger partial charge in [0.1, 0.15) is 0 Å². The molecule has 0 saturated carbocycles. The molecular weight excluding hydrogens is 330 g/mol. The minimum atomic E-state index is -0.0565. The maximum atomic E-state index is 5.84. The van der Waals surface area contributed by atoms with Gasteiger partial charge in [0.15, 0.2) is 5.11 Å². The highest BCUT2D eigenvalue weighted by Crippen LogP contribution is 2.27. The third-order valence-electron chi connectivity index (χ3n) is 4.25. The quantitative estimate of drug-likeness (QED) is 0.769. The van der Waals surface area contributed by atoms with E-state index >= 15 is 0 Å². The van der Waals surface area contributed by atoms with Crippen LogP contribution < -0.4 is 5.32 Å². The number of rotatable bonds is 6. The van der Waals surface area contributed by atoms with Crippen LogP contribution in [0, 0.1) is 5.41 Å². The molecule has 0 amide bonds. The molecule has 5 heteroatoms. The summed E-state index contributed by atoms with van der Waals surface area (Å²) in [6.07, 6.45) is 7.27. The van der Waals surface area contributed by atoms with E-state index in [0.717, 1.165) is 44.1 Å². The Kier molecular flexibility index (Phi) is 6.80. The zero-order chi connectivity index (χ0) is 18.5. The lowest BCUT2D eigenvalue weighted by atomic mass is 9.82. The Morgan fingerprint density at radius 1 is 1.36 bits per heavy atom. The Balaban J connectivity index is 2.05. The van der Waals surface area contributed by atoms with Gasteiger partial charge in [0.2, 0.25) is 0 Å². The van der Waals surface area contributed by atoms with Crippen LogP contribution in [0.5, 0.6) is 0 Å². The first-order chi connectivity index (χ1) is 11.6. The highest BCUT2D eigenvalue weighted by atomic mass is 32.1. The van der Waals surface area contributed by atoms with Crippen molar-refractivity contribution in [2.24, 2.45) is 5.41 Å². The van der Waals surface area contributed by atoms with Crippen LogP contribution in [0.3, 0.4) is 0 Å². The molecule has 1 atom stereocenters. The number of aromatic nitrogens is 1. The summed E-state index contributed by atoms with van der Waals surface area (Å²) in [6.45, 7) is 13.7. The largest absolute Gasteiger partial charge is 0.376 e. The van der Waals surface area contributed by atoms with E-state index < -0.39 is 0 Å². The normalized spacial score (nSPS) is 18.2. The summed E-state index contributed by atoms with van der Waals surface area (Å²) in [5.41, 5.74) is 1.35. The first kappa shape index (κ1) is 20.1. The molecule has 2 heterocycles. The number of hydrogen-bond acceptors (Lipinski definition) is 3. The summed E-state index contributed by atoms with van der Waals surface area (Å²) in [4.78, 5) is 6.46. The Labute approximate surface area is 158 Å². The molecule has 1 fully saturated rings. The van der Waals surface area contributed by atoms with E-state index in [1.807, 2.05) is 12.3 Å². The lowest BCUT2D eigenvalue weighted by molar-refractivity contribution is 0.0889. The smallest absolute Gasteiger partial charge is 0.169 e. The van der Waals surface area contributed by atoms with Gasteiger partial charge in [-0.2, -0.15) is 0 Å². The molecule has 1 aromatic heterocycles. The van der Waals surface area contributed by atoms with Gasteiger partial charge in [-0.1, -0.05) is 26.8 Å². The minimum Gasteiger partial charge on any atom is -0.376 e. The fourth-order valence-corrected chi connectivity index (χ4v) is 4.12. The van der Waals surface area contributed by atoms with Crippen molar-refractivity contribution in [1.82, 2.24) is 15.2 Å². The topological polar surface area (TPSA) is 37.4 Å². The van der Waals surface area contributed by atoms with Gasteiger partial charge in [-0.05, 0) is 62.4 Å². The van der Waals surface area contributed by atoms with Crippen molar-refractivity contribution in [3.05, 3.63) is 30.1 Å². The Bertz CT molecular complexity index is 548. The van der Waals surface area contributed by atoms with Crippen molar-refractivity contribution in [1.29, 1.82) is 0 Å². The highest BCUT2D eigenvalue weighted by molar-refractivity contribution is 7.80. The van der Waals surface area contributed by atoms with Crippen LogP contribution in [0.1, 0.15) is 59.4 Å². The van der Waals surface area contributed by atoms with Gasteiger partial charge < -0.3 is 15.0 Å². The lowest BCUT2D eigenvalue weighted by Gasteiger charge is -2.37. The van der Waals surface area contributed by atoms with Crippen molar-refractivity contribution in [3.63, 3.8) is 0 Å². The van der Waals surface area contributed by atoms with Gasteiger partial charge in [0.05, 0.1) is 6.10 Å². The maximum Gasteiger partial charge on any atom is 0.169 e. The zero-order valence-electron chi connectivity index (χ0n) is 16.3. The van der Waals surface area contributed by atoms with E-state index in [2.05, 4.69) is 55.9 Å². The molecule has 0 aliphatic carbocycles. The zero-order valence-corrected chi connectivity index (χ0v) is 17.2. The molecule has 1 aliphatic heterocycles. The van der Waals surface area contributed by atoms with Gasteiger partial charge in [-0.3, -0.25) is 4.98 Å². The van der Waals surface area contributed by atoms with Gasteiger partial charge >= 0.3 is 0 Å². The van der Waals surface area contributed by atoms with Crippen LogP contribution in [0.2, 0.25) is 0 Å². The van der Waals surface area contributed by atoms with Crippen molar-refractivity contribution in [2.75, 3.05) is 13.2 Å². The highest BCUT2D eigenvalue weighted by Gasteiger charge is 2.28. The SMILES string of the molecule is CC(C)(C)CC(C)(C)NC(=S)N(Cc1cccnc1)C[C@@H]1CCCO1. The average Bonchev–Trinajstić information content (AvgIpc) is 2.97.